The molecule has 0 saturated carbocycles. The summed E-state index contributed by atoms with van der Waals surface area (Å²) in [6, 6.07) is 19.0. The van der Waals surface area contributed by atoms with Crippen LogP contribution in [0.1, 0.15) is 45.7 Å². The Morgan fingerprint density at radius 1 is 1.11 bits per heavy atom. The number of allylic oxidation sites excluding steroid dienone is 2. The third kappa shape index (κ3) is 7.58. The molecular formula is C37H37F3N6S. The zero-order chi connectivity index (χ0) is 33.1. The maximum atomic E-state index is 12.9. The van der Waals surface area contributed by atoms with Gasteiger partial charge in [-0.1, -0.05) is 55.1 Å². The fourth-order valence-corrected chi connectivity index (χ4v) is 7.50. The first kappa shape index (κ1) is 32.5. The number of piperidine rings is 1. The van der Waals surface area contributed by atoms with Gasteiger partial charge in [0.1, 0.15) is 28.7 Å². The van der Waals surface area contributed by atoms with Gasteiger partial charge in [0.25, 0.3) is 0 Å². The molecule has 1 aliphatic rings. The van der Waals surface area contributed by atoms with Crippen molar-refractivity contribution in [3.05, 3.63) is 112 Å². The smallest absolute Gasteiger partial charge is 0.367 e. The van der Waals surface area contributed by atoms with Crippen molar-refractivity contribution in [2.24, 2.45) is 0 Å². The lowest BCUT2D eigenvalue weighted by atomic mass is 10.0. The molecule has 0 radical (unpaired) electrons. The molecule has 1 N–H and O–H groups in total. The highest BCUT2D eigenvalue weighted by atomic mass is 32.1. The second kappa shape index (κ2) is 13.7. The Morgan fingerprint density at radius 3 is 2.64 bits per heavy atom. The van der Waals surface area contributed by atoms with Crippen molar-refractivity contribution >= 4 is 38.3 Å². The highest BCUT2D eigenvalue weighted by molar-refractivity contribution is 7.18. The third-order valence-electron chi connectivity index (χ3n) is 8.99. The molecule has 2 aromatic carbocycles. The topological polar surface area (TPSA) is 69.8 Å². The standard InChI is InChI=1S/C37H37F3N6S/c1-4-24(2)16-27-7-5-6-26(17-27)10-15-46-30(21-41)18-32-25(3)28(8-9-34(32)46)22-45-13-11-29(12-14-45)44-35-33-19-31(20-37(38,39)40)47-36(33)43-23-42-35/h4-9,17-19,23,29H,1-2,10-16,20,22H2,3H3,(H,42,43,44). The van der Waals surface area contributed by atoms with Crippen molar-refractivity contribution in [2.75, 3.05) is 18.4 Å². The van der Waals surface area contributed by atoms with E-state index in [9.17, 15) is 18.4 Å². The van der Waals surface area contributed by atoms with Crippen LogP contribution < -0.4 is 5.32 Å². The van der Waals surface area contributed by atoms with Gasteiger partial charge >= 0.3 is 6.18 Å². The number of fused-ring (bicyclic) bond motifs is 2. The molecule has 10 heteroatoms. The van der Waals surface area contributed by atoms with Gasteiger partial charge < -0.3 is 9.88 Å². The minimum Gasteiger partial charge on any atom is -0.367 e. The molecule has 1 fully saturated rings. The lowest BCUT2D eigenvalue weighted by Crippen LogP contribution is -2.39. The van der Waals surface area contributed by atoms with E-state index in [2.05, 4.69) is 87.3 Å². The number of halogens is 3. The molecule has 1 saturated heterocycles. The molecule has 1 aliphatic heterocycles. The molecule has 0 unspecified atom stereocenters. The second-order valence-corrected chi connectivity index (χ2v) is 13.4. The van der Waals surface area contributed by atoms with Crippen LogP contribution in [-0.2, 0) is 32.4 Å². The number of rotatable bonds is 11. The van der Waals surface area contributed by atoms with E-state index in [1.807, 2.05) is 6.07 Å². The van der Waals surface area contributed by atoms with Crippen molar-refractivity contribution in [1.29, 1.82) is 5.26 Å². The number of hydrogen-bond acceptors (Lipinski definition) is 6. The zero-order valence-corrected chi connectivity index (χ0v) is 27.2. The van der Waals surface area contributed by atoms with Gasteiger partial charge in [-0.25, -0.2) is 9.97 Å². The molecule has 4 heterocycles. The molecule has 6 nitrogen and oxygen atoms in total. The summed E-state index contributed by atoms with van der Waals surface area (Å²) in [4.78, 5) is 11.8. The van der Waals surface area contributed by atoms with E-state index in [0.717, 1.165) is 73.1 Å². The van der Waals surface area contributed by atoms with Crippen LogP contribution in [0.5, 0.6) is 0 Å². The Balaban J connectivity index is 1.09. The van der Waals surface area contributed by atoms with Crippen LogP contribution in [0, 0.1) is 18.3 Å². The van der Waals surface area contributed by atoms with Gasteiger partial charge in [0.2, 0.25) is 0 Å². The Kier molecular flexibility index (Phi) is 9.48. The predicted molar refractivity (Wildman–Crippen MR) is 184 cm³/mol. The number of thiophene rings is 1. The Morgan fingerprint density at radius 2 is 1.89 bits per heavy atom. The van der Waals surface area contributed by atoms with Crippen LogP contribution in [-0.4, -0.2) is 44.7 Å². The van der Waals surface area contributed by atoms with E-state index in [-0.39, 0.29) is 10.9 Å². The summed E-state index contributed by atoms with van der Waals surface area (Å²) >= 11 is 1.07. The second-order valence-electron chi connectivity index (χ2n) is 12.3. The molecule has 3 aromatic heterocycles. The van der Waals surface area contributed by atoms with E-state index in [1.54, 1.807) is 12.1 Å². The quantitative estimate of drug-likeness (QED) is 0.145. The molecule has 47 heavy (non-hydrogen) atoms. The maximum Gasteiger partial charge on any atom is 0.393 e. The molecule has 242 valence electrons. The Labute approximate surface area is 276 Å². The normalized spacial score (nSPS) is 14.4. The van der Waals surface area contributed by atoms with E-state index in [1.165, 1.54) is 28.6 Å². The number of likely N-dealkylation sites (tertiary alicyclic amines) is 1. The summed E-state index contributed by atoms with van der Waals surface area (Å²) in [6.45, 7) is 13.3. The fraction of sp³-hybridized carbons (Fsp3) is 0.324. The van der Waals surface area contributed by atoms with E-state index < -0.39 is 12.6 Å². The van der Waals surface area contributed by atoms with E-state index in [4.69, 9.17) is 0 Å². The summed E-state index contributed by atoms with van der Waals surface area (Å²) in [7, 11) is 0. The zero-order valence-electron chi connectivity index (χ0n) is 26.4. The third-order valence-corrected chi connectivity index (χ3v) is 10.0. The van der Waals surface area contributed by atoms with Crippen molar-refractivity contribution in [2.45, 2.75) is 64.3 Å². The van der Waals surface area contributed by atoms with Crippen molar-refractivity contribution < 1.29 is 13.2 Å². The highest BCUT2D eigenvalue weighted by Crippen LogP contribution is 2.33. The SMILES string of the molecule is C=CC(=C)Cc1cccc(CCn2c(C#N)cc3c(C)c(CN4CCC(Nc5ncnc6sc(CC(F)(F)F)cc56)CC4)ccc32)c1. The molecule has 0 spiro atoms. The summed E-state index contributed by atoms with van der Waals surface area (Å²) in [5.74, 6) is 0.600. The van der Waals surface area contributed by atoms with Gasteiger partial charge in [-0.2, -0.15) is 18.4 Å². The fourth-order valence-electron chi connectivity index (χ4n) is 6.47. The monoisotopic (exact) mass is 654 g/mol. The number of aryl methyl sites for hydroxylation is 3. The van der Waals surface area contributed by atoms with E-state index in [0.29, 0.717) is 28.3 Å². The number of nitrogens with one attached hydrogen (secondary N) is 1. The first-order valence-corrected chi connectivity index (χ1v) is 16.6. The van der Waals surface area contributed by atoms with Crippen LogP contribution in [0.25, 0.3) is 21.1 Å². The Bertz CT molecular complexity index is 1970. The lowest BCUT2D eigenvalue weighted by molar-refractivity contribution is -0.126. The lowest BCUT2D eigenvalue weighted by Gasteiger charge is -2.33. The molecule has 0 amide bonds. The van der Waals surface area contributed by atoms with Gasteiger partial charge in [-0.15, -0.1) is 11.3 Å². The molecule has 6 rings (SSSR count). The largest absolute Gasteiger partial charge is 0.393 e. The summed E-state index contributed by atoms with van der Waals surface area (Å²) in [6.07, 6.45) is 1.38. The first-order valence-electron chi connectivity index (χ1n) is 15.8. The van der Waals surface area contributed by atoms with Crippen LogP contribution in [0.3, 0.4) is 0 Å². The molecule has 0 aliphatic carbocycles. The average Bonchev–Trinajstić information content (AvgIpc) is 3.62. The van der Waals surface area contributed by atoms with Crippen molar-refractivity contribution in [3.8, 4) is 6.07 Å². The Hall–Kier alpha value is -4.46. The van der Waals surface area contributed by atoms with E-state index >= 15 is 0 Å². The number of anilines is 1. The van der Waals surface area contributed by atoms with Crippen LogP contribution >= 0.6 is 11.3 Å². The van der Waals surface area contributed by atoms with Crippen LogP contribution in [0.4, 0.5) is 19.0 Å². The minimum atomic E-state index is -4.26. The van der Waals surface area contributed by atoms with Gasteiger partial charge in [0.15, 0.2) is 0 Å². The number of alkyl halides is 3. The summed E-state index contributed by atoms with van der Waals surface area (Å²) in [5, 5.41) is 15.2. The van der Waals surface area contributed by atoms with Crippen LogP contribution in [0.15, 0.2) is 79.7 Å². The van der Waals surface area contributed by atoms with Gasteiger partial charge in [-0.05, 0) is 73.1 Å². The summed E-state index contributed by atoms with van der Waals surface area (Å²) in [5.41, 5.74) is 7.60. The van der Waals surface area contributed by atoms with Gasteiger partial charge in [0, 0.05) is 48.0 Å². The number of hydrogen-bond donors (Lipinski definition) is 1. The molecule has 5 aromatic rings. The number of aromatic nitrogens is 3. The minimum absolute atomic E-state index is 0.174. The van der Waals surface area contributed by atoms with Crippen molar-refractivity contribution in [1.82, 2.24) is 19.4 Å². The van der Waals surface area contributed by atoms with Gasteiger partial charge in [0.05, 0.1) is 11.8 Å². The van der Waals surface area contributed by atoms with Crippen LogP contribution in [0.2, 0.25) is 0 Å². The maximum absolute atomic E-state index is 12.9. The van der Waals surface area contributed by atoms with Gasteiger partial charge in [-0.3, -0.25) is 4.90 Å². The first-order chi connectivity index (χ1) is 22.6. The molecule has 0 atom stereocenters. The number of benzene rings is 2. The number of nitrogens with zero attached hydrogens (tertiary/aromatic N) is 5. The number of nitriles is 1. The van der Waals surface area contributed by atoms with Crippen molar-refractivity contribution in [3.63, 3.8) is 0 Å². The molecular weight excluding hydrogens is 618 g/mol. The summed E-state index contributed by atoms with van der Waals surface area (Å²) < 4.78 is 41.0. The highest BCUT2D eigenvalue weighted by Gasteiger charge is 2.29. The average molecular weight is 655 g/mol. The molecule has 0 bridgehead atoms. The predicted octanol–water partition coefficient (Wildman–Crippen LogP) is 8.53.